The van der Waals surface area contributed by atoms with E-state index in [0.717, 1.165) is 16.7 Å². The molecule has 21 heavy (non-hydrogen) atoms. The Hall–Kier alpha value is -2.69. The van der Waals surface area contributed by atoms with Gasteiger partial charge in [0.25, 0.3) is 5.89 Å². The number of aryl methyl sites for hydroxylation is 2. The topological polar surface area (TPSA) is 64.9 Å². The van der Waals surface area contributed by atoms with Crippen molar-refractivity contribution in [1.82, 2.24) is 10.1 Å². The molecule has 106 valence electrons. The molecule has 1 heterocycles. The molecule has 3 rings (SSSR count). The molecular weight excluding hydrogens is 269 g/mol. The van der Waals surface area contributed by atoms with Crippen molar-refractivity contribution in [2.75, 3.05) is 5.73 Å². The lowest BCUT2D eigenvalue weighted by Crippen LogP contribution is -1.90. The van der Waals surface area contributed by atoms with Gasteiger partial charge in [-0.1, -0.05) is 11.2 Å². The maximum atomic E-state index is 13.4. The van der Waals surface area contributed by atoms with Gasteiger partial charge in [0.15, 0.2) is 0 Å². The Morgan fingerprint density at radius 3 is 2.57 bits per heavy atom. The lowest BCUT2D eigenvalue weighted by atomic mass is 10.1. The number of halogens is 1. The van der Waals surface area contributed by atoms with E-state index in [1.165, 1.54) is 12.1 Å². The van der Waals surface area contributed by atoms with Gasteiger partial charge in [0.05, 0.1) is 0 Å². The zero-order chi connectivity index (χ0) is 15.0. The molecule has 0 spiro atoms. The summed E-state index contributed by atoms with van der Waals surface area (Å²) in [7, 11) is 0. The van der Waals surface area contributed by atoms with Gasteiger partial charge in [-0.25, -0.2) is 4.39 Å². The molecular formula is C16H14FN3O. The van der Waals surface area contributed by atoms with Crippen LogP contribution in [0.1, 0.15) is 11.1 Å². The summed E-state index contributed by atoms with van der Waals surface area (Å²) in [4.78, 5) is 4.36. The minimum atomic E-state index is -0.328. The molecule has 0 saturated carbocycles. The van der Waals surface area contributed by atoms with Gasteiger partial charge >= 0.3 is 0 Å². The number of nitrogens with two attached hydrogens (primary N) is 1. The first-order valence-electron chi connectivity index (χ1n) is 6.51. The van der Waals surface area contributed by atoms with Crippen LogP contribution in [0.15, 0.2) is 40.9 Å². The molecule has 0 saturated heterocycles. The number of nitrogens with zero attached hydrogens (tertiary/aromatic N) is 2. The van der Waals surface area contributed by atoms with Gasteiger partial charge in [-0.15, -0.1) is 0 Å². The molecule has 0 radical (unpaired) electrons. The average Bonchev–Trinajstić information content (AvgIpc) is 2.91. The van der Waals surface area contributed by atoms with Crippen molar-refractivity contribution in [3.8, 4) is 22.8 Å². The Morgan fingerprint density at radius 1 is 1.00 bits per heavy atom. The number of nitrogen functional groups attached to an aromatic ring is 1. The zero-order valence-corrected chi connectivity index (χ0v) is 11.7. The van der Waals surface area contributed by atoms with Gasteiger partial charge in [0, 0.05) is 16.8 Å². The number of anilines is 1. The quantitative estimate of drug-likeness (QED) is 0.727. The third-order valence-corrected chi connectivity index (χ3v) is 3.35. The second-order valence-corrected chi connectivity index (χ2v) is 4.96. The molecule has 0 aliphatic rings. The van der Waals surface area contributed by atoms with E-state index in [9.17, 15) is 4.39 Å². The van der Waals surface area contributed by atoms with Gasteiger partial charge in [-0.05, 0) is 55.3 Å². The highest BCUT2D eigenvalue weighted by atomic mass is 19.1. The van der Waals surface area contributed by atoms with Gasteiger partial charge < -0.3 is 10.3 Å². The summed E-state index contributed by atoms with van der Waals surface area (Å²) in [6, 6.07) is 9.95. The Kier molecular flexibility index (Phi) is 3.17. The van der Waals surface area contributed by atoms with E-state index in [4.69, 9.17) is 10.3 Å². The molecule has 0 unspecified atom stereocenters. The van der Waals surface area contributed by atoms with Gasteiger partial charge in [0.1, 0.15) is 5.82 Å². The van der Waals surface area contributed by atoms with Gasteiger partial charge in [-0.2, -0.15) is 4.98 Å². The normalized spacial score (nSPS) is 10.8. The van der Waals surface area contributed by atoms with Crippen LogP contribution < -0.4 is 5.73 Å². The molecule has 0 atom stereocenters. The SMILES string of the molecule is Cc1ccc(F)cc1-c1noc(-c2ccc(N)cc2C)n1. The van der Waals surface area contributed by atoms with E-state index >= 15 is 0 Å². The van der Waals surface area contributed by atoms with Crippen molar-refractivity contribution in [2.24, 2.45) is 0 Å². The third kappa shape index (κ3) is 2.50. The van der Waals surface area contributed by atoms with Crippen molar-refractivity contribution in [3.63, 3.8) is 0 Å². The van der Waals surface area contributed by atoms with E-state index in [2.05, 4.69) is 10.1 Å². The standard InChI is InChI=1S/C16H14FN3O/c1-9-3-4-11(17)8-14(9)15-19-16(21-20-15)13-6-5-12(18)7-10(13)2/h3-8H,18H2,1-2H3. The van der Waals surface area contributed by atoms with Gasteiger partial charge in [-0.3, -0.25) is 0 Å². The second kappa shape index (κ2) is 5.01. The maximum Gasteiger partial charge on any atom is 0.258 e. The summed E-state index contributed by atoms with van der Waals surface area (Å²) in [6.07, 6.45) is 0. The predicted molar refractivity (Wildman–Crippen MR) is 79.0 cm³/mol. The van der Waals surface area contributed by atoms with Crippen LogP contribution in [0, 0.1) is 19.7 Å². The van der Waals surface area contributed by atoms with Crippen LogP contribution in [-0.4, -0.2) is 10.1 Å². The summed E-state index contributed by atoms with van der Waals surface area (Å²) in [5.41, 5.74) is 9.68. The molecule has 4 nitrogen and oxygen atoms in total. The first kappa shape index (κ1) is 13.3. The van der Waals surface area contributed by atoms with E-state index in [0.29, 0.717) is 23.0 Å². The fourth-order valence-electron chi connectivity index (χ4n) is 2.20. The summed E-state index contributed by atoms with van der Waals surface area (Å²) >= 11 is 0. The minimum absolute atomic E-state index is 0.328. The van der Waals surface area contributed by atoms with Crippen LogP contribution >= 0.6 is 0 Å². The molecule has 2 N–H and O–H groups in total. The molecule has 0 bridgehead atoms. The Bertz CT molecular complexity index is 811. The van der Waals surface area contributed by atoms with E-state index in [-0.39, 0.29) is 5.82 Å². The molecule has 5 heteroatoms. The fourth-order valence-corrected chi connectivity index (χ4v) is 2.20. The summed E-state index contributed by atoms with van der Waals surface area (Å²) in [5.74, 6) is 0.440. The lowest BCUT2D eigenvalue weighted by Gasteiger charge is -2.01. The second-order valence-electron chi connectivity index (χ2n) is 4.96. The highest BCUT2D eigenvalue weighted by Gasteiger charge is 2.14. The predicted octanol–water partition coefficient (Wildman–Crippen LogP) is 3.74. The molecule has 0 fully saturated rings. The summed E-state index contributed by atoms with van der Waals surface area (Å²) in [5, 5.41) is 3.94. The highest BCUT2D eigenvalue weighted by molar-refractivity contribution is 5.66. The lowest BCUT2D eigenvalue weighted by molar-refractivity contribution is 0.432. The van der Waals surface area contributed by atoms with Crippen molar-refractivity contribution in [2.45, 2.75) is 13.8 Å². The Morgan fingerprint density at radius 2 is 1.81 bits per heavy atom. The van der Waals surface area contributed by atoms with Crippen LogP contribution in [0.25, 0.3) is 22.8 Å². The van der Waals surface area contributed by atoms with E-state index in [1.54, 1.807) is 12.1 Å². The smallest absolute Gasteiger partial charge is 0.258 e. The molecule has 2 aromatic carbocycles. The minimum Gasteiger partial charge on any atom is -0.399 e. The fraction of sp³-hybridized carbons (Fsp3) is 0.125. The van der Waals surface area contributed by atoms with E-state index < -0.39 is 0 Å². The Balaban J connectivity index is 2.06. The number of rotatable bonds is 2. The van der Waals surface area contributed by atoms with Crippen LogP contribution in [0.3, 0.4) is 0 Å². The summed E-state index contributed by atoms with van der Waals surface area (Å²) in [6.45, 7) is 3.79. The van der Waals surface area contributed by atoms with Crippen LogP contribution in [0.5, 0.6) is 0 Å². The number of aromatic nitrogens is 2. The third-order valence-electron chi connectivity index (χ3n) is 3.35. The van der Waals surface area contributed by atoms with Crippen molar-refractivity contribution >= 4 is 5.69 Å². The Labute approximate surface area is 121 Å². The maximum absolute atomic E-state index is 13.4. The first-order valence-corrected chi connectivity index (χ1v) is 6.51. The number of hydrogen-bond donors (Lipinski definition) is 1. The highest BCUT2D eigenvalue weighted by Crippen LogP contribution is 2.27. The molecule has 1 aromatic heterocycles. The monoisotopic (exact) mass is 283 g/mol. The molecule has 0 amide bonds. The van der Waals surface area contributed by atoms with Crippen LogP contribution in [-0.2, 0) is 0 Å². The number of hydrogen-bond acceptors (Lipinski definition) is 4. The van der Waals surface area contributed by atoms with Crippen molar-refractivity contribution < 1.29 is 8.91 Å². The van der Waals surface area contributed by atoms with E-state index in [1.807, 2.05) is 26.0 Å². The summed E-state index contributed by atoms with van der Waals surface area (Å²) < 4.78 is 18.7. The van der Waals surface area contributed by atoms with Crippen LogP contribution in [0.2, 0.25) is 0 Å². The van der Waals surface area contributed by atoms with Crippen LogP contribution in [0.4, 0.5) is 10.1 Å². The average molecular weight is 283 g/mol. The van der Waals surface area contributed by atoms with Crippen molar-refractivity contribution in [1.29, 1.82) is 0 Å². The molecule has 0 aliphatic heterocycles. The van der Waals surface area contributed by atoms with Crippen molar-refractivity contribution in [3.05, 3.63) is 53.3 Å². The first-order chi connectivity index (χ1) is 10.0. The molecule has 0 aliphatic carbocycles. The molecule has 3 aromatic rings. The largest absolute Gasteiger partial charge is 0.399 e. The number of benzene rings is 2. The zero-order valence-electron chi connectivity index (χ0n) is 11.7. The van der Waals surface area contributed by atoms with Gasteiger partial charge in [0.2, 0.25) is 5.82 Å².